The van der Waals surface area contributed by atoms with Crippen LogP contribution >= 0.6 is 0 Å². The summed E-state index contributed by atoms with van der Waals surface area (Å²) >= 11 is 0. The van der Waals surface area contributed by atoms with Crippen LogP contribution in [0.3, 0.4) is 0 Å². The molecule has 0 unspecified atom stereocenters. The van der Waals surface area contributed by atoms with E-state index in [1.54, 1.807) is 12.1 Å². The number of carbonyl (C=O) groups is 1. The minimum atomic E-state index is -0.281. The molecule has 0 aliphatic heterocycles. The van der Waals surface area contributed by atoms with Crippen LogP contribution in [0.25, 0.3) is 0 Å². The number of benzene rings is 1. The van der Waals surface area contributed by atoms with Crippen molar-refractivity contribution < 1.29 is 9.18 Å². The highest BCUT2D eigenvalue weighted by atomic mass is 19.1. The average Bonchev–Trinajstić information content (AvgIpc) is 1.99. The first kappa shape index (κ1) is 11.9. The van der Waals surface area contributed by atoms with E-state index in [1.807, 2.05) is 20.8 Å². The molecule has 0 saturated carbocycles. The smallest absolute Gasteiger partial charge is 0.137 e. The molecular formula is C13H17FO. The van der Waals surface area contributed by atoms with E-state index in [-0.39, 0.29) is 17.0 Å². The van der Waals surface area contributed by atoms with Crippen LogP contribution in [-0.2, 0) is 11.2 Å². The number of rotatable bonds is 3. The molecule has 0 spiro atoms. The Morgan fingerprint density at radius 3 is 2.53 bits per heavy atom. The monoisotopic (exact) mass is 208 g/mol. The molecule has 1 aromatic carbocycles. The van der Waals surface area contributed by atoms with Crippen molar-refractivity contribution in [3.8, 4) is 0 Å². The van der Waals surface area contributed by atoms with Crippen molar-refractivity contribution in [1.82, 2.24) is 0 Å². The van der Waals surface area contributed by atoms with Gasteiger partial charge in [-0.05, 0) is 23.1 Å². The van der Waals surface area contributed by atoms with E-state index in [9.17, 15) is 9.18 Å². The van der Waals surface area contributed by atoms with Gasteiger partial charge in [0.1, 0.15) is 11.6 Å². The van der Waals surface area contributed by atoms with Gasteiger partial charge in [-0.15, -0.1) is 0 Å². The molecule has 0 aliphatic rings. The first-order valence-corrected chi connectivity index (χ1v) is 5.13. The van der Waals surface area contributed by atoms with E-state index < -0.39 is 0 Å². The third-order valence-corrected chi connectivity index (χ3v) is 2.02. The highest BCUT2D eigenvalue weighted by Crippen LogP contribution is 2.20. The largest absolute Gasteiger partial charge is 0.299 e. The van der Waals surface area contributed by atoms with Crippen LogP contribution in [0, 0.1) is 11.2 Å². The fraction of sp³-hybridized carbons (Fsp3) is 0.462. The van der Waals surface area contributed by atoms with Gasteiger partial charge in [0.05, 0.1) is 0 Å². The van der Waals surface area contributed by atoms with Crippen LogP contribution in [-0.4, -0.2) is 5.78 Å². The van der Waals surface area contributed by atoms with E-state index in [0.29, 0.717) is 12.8 Å². The minimum absolute atomic E-state index is 0.00437. The molecule has 1 nitrogen and oxygen atoms in total. The lowest BCUT2D eigenvalue weighted by molar-refractivity contribution is -0.120. The van der Waals surface area contributed by atoms with Crippen molar-refractivity contribution in [1.29, 1.82) is 0 Å². The van der Waals surface area contributed by atoms with Crippen LogP contribution in [0.4, 0.5) is 4.39 Å². The summed E-state index contributed by atoms with van der Waals surface area (Å²) in [6.45, 7) is 6.07. The van der Waals surface area contributed by atoms with Gasteiger partial charge < -0.3 is 0 Å². The van der Waals surface area contributed by atoms with Gasteiger partial charge in [-0.1, -0.05) is 32.9 Å². The van der Waals surface area contributed by atoms with Crippen LogP contribution in [0.15, 0.2) is 24.3 Å². The standard InChI is InChI=1S/C13H17FO/c1-13(2,3)9-12(15)8-10-5-4-6-11(14)7-10/h4-7H,8-9H2,1-3H3. The Morgan fingerprint density at radius 1 is 1.33 bits per heavy atom. The molecular weight excluding hydrogens is 191 g/mol. The van der Waals surface area contributed by atoms with E-state index in [1.165, 1.54) is 12.1 Å². The Balaban J connectivity index is 2.59. The predicted molar refractivity (Wildman–Crippen MR) is 59.2 cm³/mol. The lowest BCUT2D eigenvalue weighted by Gasteiger charge is -2.16. The fourth-order valence-electron chi connectivity index (χ4n) is 1.53. The van der Waals surface area contributed by atoms with Crippen LogP contribution in [0.1, 0.15) is 32.8 Å². The maximum absolute atomic E-state index is 12.8. The predicted octanol–water partition coefficient (Wildman–Crippen LogP) is 3.37. The number of halogens is 1. The second-order valence-corrected chi connectivity index (χ2v) is 5.08. The number of carbonyl (C=O) groups excluding carboxylic acids is 1. The first-order valence-electron chi connectivity index (χ1n) is 5.13. The summed E-state index contributed by atoms with van der Waals surface area (Å²) in [5.41, 5.74) is 0.758. The molecule has 2 heteroatoms. The van der Waals surface area contributed by atoms with Gasteiger partial charge in [0.25, 0.3) is 0 Å². The summed E-state index contributed by atoms with van der Waals surface area (Å²) in [5.74, 6) is -0.121. The molecule has 1 aromatic rings. The van der Waals surface area contributed by atoms with Crippen molar-refractivity contribution in [2.24, 2.45) is 5.41 Å². The Bertz CT molecular complexity index is 350. The van der Waals surface area contributed by atoms with Gasteiger partial charge >= 0.3 is 0 Å². The zero-order chi connectivity index (χ0) is 11.5. The lowest BCUT2D eigenvalue weighted by atomic mass is 9.88. The summed E-state index contributed by atoms with van der Waals surface area (Å²) in [4.78, 5) is 11.6. The van der Waals surface area contributed by atoms with Gasteiger partial charge in [0, 0.05) is 12.8 Å². The molecule has 0 radical (unpaired) electrons. The second-order valence-electron chi connectivity index (χ2n) is 5.08. The molecule has 15 heavy (non-hydrogen) atoms. The number of hydrogen-bond acceptors (Lipinski definition) is 1. The molecule has 1 rings (SSSR count). The number of ketones is 1. The Hall–Kier alpha value is -1.18. The third kappa shape index (κ3) is 4.73. The van der Waals surface area contributed by atoms with Crippen LogP contribution in [0.2, 0.25) is 0 Å². The van der Waals surface area contributed by atoms with E-state index >= 15 is 0 Å². The fourth-order valence-corrected chi connectivity index (χ4v) is 1.53. The maximum atomic E-state index is 12.8. The van der Waals surface area contributed by atoms with Gasteiger partial charge in [0.15, 0.2) is 0 Å². The molecule has 0 heterocycles. The van der Waals surface area contributed by atoms with Gasteiger partial charge in [0.2, 0.25) is 0 Å². The summed E-state index contributed by atoms with van der Waals surface area (Å²) in [6.07, 6.45) is 0.860. The summed E-state index contributed by atoms with van der Waals surface area (Å²) in [7, 11) is 0. The molecule has 0 saturated heterocycles. The van der Waals surface area contributed by atoms with Crippen molar-refractivity contribution in [3.05, 3.63) is 35.6 Å². The highest BCUT2D eigenvalue weighted by molar-refractivity contribution is 5.81. The van der Waals surface area contributed by atoms with Gasteiger partial charge in [-0.2, -0.15) is 0 Å². The quantitative estimate of drug-likeness (QED) is 0.744. The van der Waals surface area contributed by atoms with Crippen LogP contribution in [0.5, 0.6) is 0 Å². The summed E-state index contributed by atoms with van der Waals surface area (Å²) in [5, 5.41) is 0. The average molecular weight is 208 g/mol. The maximum Gasteiger partial charge on any atom is 0.137 e. The van der Waals surface area contributed by atoms with Gasteiger partial charge in [-0.25, -0.2) is 4.39 Å². The van der Waals surface area contributed by atoms with Crippen molar-refractivity contribution in [3.63, 3.8) is 0 Å². The lowest BCUT2D eigenvalue weighted by Crippen LogP contribution is -2.14. The number of hydrogen-bond donors (Lipinski definition) is 0. The van der Waals surface area contributed by atoms with E-state index in [4.69, 9.17) is 0 Å². The van der Waals surface area contributed by atoms with E-state index in [2.05, 4.69) is 0 Å². The SMILES string of the molecule is CC(C)(C)CC(=O)Cc1cccc(F)c1. The van der Waals surface area contributed by atoms with Gasteiger partial charge in [-0.3, -0.25) is 4.79 Å². The second kappa shape index (κ2) is 4.56. The van der Waals surface area contributed by atoms with Crippen molar-refractivity contribution >= 4 is 5.78 Å². The molecule has 0 aliphatic carbocycles. The highest BCUT2D eigenvalue weighted by Gasteiger charge is 2.16. The third-order valence-electron chi connectivity index (χ3n) is 2.02. The van der Waals surface area contributed by atoms with Crippen molar-refractivity contribution in [2.75, 3.05) is 0 Å². The van der Waals surface area contributed by atoms with Crippen molar-refractivity contribution in [2.45, 2.75) is 33.6 Å². The summed E-state index contributed by atoms with van der Waals surface area (Å²) in [6, 6.07) is 6.22. The zero-order valence-corrected chi connectivity index (χ0v) is 9.51. The molecule has 82 valence electrons. The number of Topliss-reactive ketones (excluding diaryl/α,β-unsaturated/α-hetero) is 1. The molecule has 0 N–H and O–H groups in total. The molecule has 0 aromatic heterocycles. The Kier molecular flexibility index (Phi) is 3.61. The summed E-state index contributed by atoms with van der Waals surface area (Å²) < 4.78 is 12.8. The topological polar surface area (TPSA) is 17.1 Å². The normalized spacial score (nSPS) is 11.5. The van der Waals surface area contributed by atoms with Crippen LogP contribution < -0.4 is 0 Å². The molecule has 0 fully saturated rings. The molecule has 0 bridgehead atoms. The zero-order valence-electron chi connectivity index (χ0n) is 9.51. The Labute approximate surface area is 90.3 Å². The Morgan fingerprint density at radius 2 is 2.00 bits per heavy atom. The molecule has 0 amide bonds. The first-order chi connectivity index (χ1) is 6.87. The minimum Gasteiger partial charge on any atom is -0.299 e. The van der Waals surface area contributed by atoms with E-state index in [0.717, 1.165) is 5.56 Å². The molecule has 0 atom stereocenters.